The minimum atomic E-state index is -1.13. The molecule has 0 aliphatic rings. The summed E-state index contributed by atoms with van der Waals surface area (Å²) < 4.78 is 17.1. The van der Waals surface area contributed by atoms with Crippen molar-refractivity contribution in [1.29, 1.82) is 0 Å². The molecule has 0 aromatic carbocycles. The molecule has 55 heavy (non-hydrogen) atoms. The number of nitrogens with zero attached hydrogens (tertiary/aromatic N) is 1. The first-order chi connectivity index (χ1) is 26.6. The van der Waals surface area contributed by atoms with Crippen LogP contribution in [0.1, 0.15) is 194 Å². The van der Waals surface area contributed by atoms with E-state index < -0.39 is 18.1 Å². The Bertz CT molecular complexity index is 1000. The van der Waals surface area contributed by atoms with E-state index in [1.165, 1.54) is 109 Å². The topological polar surface area (TPSA) is 102 Å². The van der Waals surface area contributed by atoms with Crippen molar-refractivity contribution in [3.05, 3.63) is 36.5 Å². The summed E-state index contributed by atoms with van der Waals surface area (Å²) in [6, 6.07) is -0.729. The summed E-state index contributed by atoms with van der Waals surface area (Å²) in [5.41, 5.74) is 0. The number of quaternary nitrogens is 1. The molecule has 2 atom stereocenters. The minimum absolute atomic E-state index is 0.0295. The van der Waals surface area contributed by atoms with E-state index >= 15 is 0 Å². The van der Waals surface area contributed by atoms with Crippen LogP contribution in [0.15, 0.2) is 36.5 Å². The maximum absolute atomic E-state index is 12.7. The number of carboxylic acids is 1. The lowest BCUT2D eigenvalue weighted by Crippen LogP contribution is -2.55. The third-order valence-corrected chi connectivity index (χ3v) is 10.0. The average molecular weight is 776 g/mol. The molecule has 0 spiro atoms. The van der Waals surface area contributed by atoms with E-state index in [9.17, 15) is 19.5 Å². The van der Waals surface area contributed by atoms with Crippen LogP contribution in [0.5, 0.6) is 0 Å². The number of hydrogen-bond donors (Lipinski definition) is 0. The second-order valence-electron chi connectivity index (χ2n) is 16.3. The van der Waals surface area contributed by atoms with Crippen LogP contribution in [0.4, 0.5) is 0 Å². The fraction of sp³-hybridized carbons (Fsp3) is 0.809. The smallest absolute Gasteiger partial charge is 0.306 e. The van der Waals surface area contributed by atoms with Crippen molar-refractivity contribution in [3.63, 3.8) is 0 Å². The first-order valence-electron chi connectivity index (χ1n) is 22.5. The SMILES string of the molecule is CC/C=C/C/C=C/CCCCC(=O)OCC(COCCC(C(=O)[O-])[N+](C)(C)C)OC(=O)CCCCCCCCC/C=C/CCCCCCCCCCCCC. The molecule has 0 radical (unpaired) electrons. The van der Waals surface area contributed by atoms with E-state index in [4.69, 9.17) is 14.2 Å². The number of likely N-dealkylation sites (N-methyl/N-ethyl adjacent to an activating group) is 1. The van der Waals surface area contributed by atoms with E-state index in [0.717, 1.165) is 51.4 Å². The zero-order valence-corrected chi connectivity index (χ0v) is 36.3. The Balaban J connectivity index is 4.22. The standard InChI is InChI=1S/C47H85NO7/c1-6-8-10-12-14-16-17-18-19-20-21-22-23-24-25-26-27-28-30-32-34-36-38-46(50)55-43(41-53-40-39-44(47(51)52)48(3,4)5)42-54-45(49)37-35-33-31-29-15-13-11-9-7-2/h9,11,15,23-24,29,43-44H,6-8,10,12-14,16-22,25-28,30-42H2,1-5H3/b11-9+,24-23+,29-15+. The molecule has 0 aromatic heterocycles. The number of aliphatic carboxylic acids is 1. The highest BCUT2D eigenvalue weighted by Crippen LogP contribution is 2.14. The van der Waals surface area contributed by atoms with Gasteiger partial charge in [-0.2, -0.15) is 0 Å². The van der Waals surface area contributed by atoms with E-state index in [2.05, 4.69) is 50.3 Å². The largest absolute Gasteiger partial charge is 0.544 e. The van der Waals surface area contributed by atoms with Crippen molar-refractivity contribution < 1.29 is 38.2 Å². The summed E-state index contributed by atoms with van der Waals surface area (Å²) >= 11 is 0. The summed E-state index contributed by atoms with van der Waals surface area (Å²) in [6.45, 7) is 4.50. The predicted octanol–water partition coefficient (Wildman–Crippen LogP) is 10.9. The van der Waals surface area contributed by atoms with Gasteiger partial charge in [-0.15, -0.1) is 0 Å². The molecule has 2 unspecified atom stereocenters. The van der Waals surface area contributed by atoms with E-state index in [-0.39, 0.29) is 42.7 Å². The molecule has 0 N–H and O–H groups in total. The number of carbonyl (C=O) groups is 3. The van der Waals surface area contributed by atoms with E-state index in [0.29, 0.717) is 12.8 Å². The van der Waals surface area contributed by atoms with Crippen LogP contribution < -0.4 is 5.11 Å². The highest BCUT2D eigenvalue weighted by molar-refractivity contribution is 5.70. The fourth-order valence-corrected chi connectivity index (χ4v) is 6.51. The number of ether oxygens (including phenoxy) is 3. The van der Waals surface area contributed by atoms with Crippen molar-refractivity contribution in [1.82, 2.24) is 0 Å². The van der Waals surface area contributed by atoms with Gasteiger partial charge < -0.3 is 28.6 Å². The Morgan fingerprint density at radius 1 is 0.564 bits per heavy atom. The molecule has 0 bridgehead atoms. The van der Waals surface area contributed by atoms with Crippen molar-refractivity contribution in [3.8, 4) is 0 Å². The Kier molecular flexibility index (Phi) is 36.7. The summed E-state index contributed by atoms with van der Waals surface area (Å²) in [7, 11) is 5.39. The summed E-state index contributed by atoms with van der Waals surface area (Å²) in [5, 5.41) is 11.6. The molecule has 0 aliphatic carbocycles. The monoisotopic (exact) mass is 776 g/mol. The van der Waals surface area contributed by atoms with Crippen LogP contribution in [0.3, 0.4) is 0 Å². The molecule has 320 valence electrons. The quantitative estimate of drug-likeness (QED) is 0.0264. The third kappa shape index (κ3) is 36.9. The zero-order chi connectivity index (χ0) is 40.7. The number of esters is 2. The Morgan fingerprint density at radius 2 is 1.02 bits per heavy atom. The summed E-state index contributed by atoms with van der Waals surface area (Å²) in [6.07, 6.45) is 43.4. The molecule has 0 amide bonds. The number of unbranched alkanes of at least 4 members (excludes halogenated alkanes) is 20. The number of carboxylic acid groups (broad SMARTS) is 1. The Hall–Kier alpha value is -2.45. The van der Waals surface area contributed by atoms with Crippen molar-refractivity contribution in [2.45, 2.75) is 206 Å². The van der Waals surface area contributed by atoms with Crippen LogP contribution in [-0.4, -0.2) is 75.5 Å². The lowest BCUT2D eigenvalue weighted by atomic mass is 10.0. The van der Waals surface area contributed by atoms with Gasteiger partial charge in [0.15, 0.2) is 6.10 Å². The molecule has 0 saturated heterocycles. The number of carbonyl (C=O) groups excluding carboxylic acids is 3. The number of allylic oxidation sites excluding steroid dienone is 6. The Morgan fingerprint density at radius 3 is 1.55 bits per heavy atom. The molecule has 0 fully saturated rings. The normalized spacial score (nSPS) is 13.3. The maximum Gasteiger partial charge on any atom is 0.306 e. The van der Waals surface area contributed by atoms with E-state index in [1.807, 2.05) is 0 Å². The third-order valence-electron chi connectivity index (χ3n) is 10.0. The second-order valence-corrected chi connectivity index (χ2v) is 16.3. The predicted molar refractivity (Wildman–Crippen MR) is 227 cm³/mol. The molecule has 8 heteroatoms. The maximum atomic E-state index is 12.7. The lowest BCUT2D eigenvalue weighted by Gasteiger charge is -2.34. The molecule has 0 aromatic rings. The van der Waals surface area contributed by atoms with Gasteiger partial charge in [-0.05, 0) is 64.2 Å². The van der Waals surface area contributed by atoms with Gasteiger partial charge >= 0.3 is 11.9 Å². The molecule has 8 nitrogen and oxygen atoms in total. The number of hydrogen-bond acceptors (Lipinski definition) is 7. The van der Waals surface area contributed by atoms with Gasteiger partial charge in [0.25, 0.3) is 0 Å². The molecule has 0 heterocycles. The molecular formula is C47H85NO7. The van der Waals surface area contributed by atoms with Crippen LogP contribution >= 0.6 is 0 Å². The van der Waals surface area contributed by atoms with Crippen LogP contribution in [0.25, 0.3) is 0 Å². The van der Waals surface area contributed by atoms with Crippen LogP contribution in [0, 0.1) is 0 Å². The highest BCUT2D eigenvalue weighted by Gasteiger charge is 2.25. The molecular weight excluding hydrogens is 691 g/mol. The minimum Gasteiger partial charge on any atom is -0.544 e. The van der Waals surface area contributed by atoms with Gasteiger partial charge in [0.05, 0.1) is 40.3 Å². The van der Waals surface area contributed by atoms with Crippen molar-refractivity contribution in [2.24, 2.45) is 0 Å². The van der Waals surface area contributed by atoms with Gasteiger partial charge in [-0.3, -0.25) is 9.59 Å². The van der Waals surface area contributed by atoms with Crippen molar-refractivity contribution in [2.75, 3.05) is 41.0 Å². The van der Waals surface area contributed by atoms with Gasteiger partial charge in [-0.1, -0.05) is 147 Å². The van der Waals surface area contributed by atoms with Gasteiger partial charge in [0, 0.05) is 19.3 Å². The van der Waals surface area contributed by atoms with Gasteiger partial charge in [0.2, 0.25) is 0 Å². The van der Waals surface area contributed by atoms with Gasteiger partial charge in [0.1, 0.15) is 12.6 Å². The zero-order valence-electron chi connectivity index (χ0n) is 36.3. The first kappa shape index (κ1) is 52.6. The van der Waals surface area contributed by atoms with Crippen LogP contribution in [0.2, 0.25) is 0 Å². The molecule has 0 rings (SSSR count). The second kappa shape index (κ2) is 38.4. The fourth-order valence-electron chi connectivity index (χ4n) is 6.51. The molecule has 0 aliphatic heterocycles. The molecule has 0 saturated carbocycles. The number of rotatable bonds is 40. The first-order valence-corrected chi connectivity index (χ1v) is 22.5. The van der Waals surface area contributed by atoms with Gasteiger partial charge in [-0.25, -0.2) is 0 Å². The Labute approximate surface area is 338 Å². The summed E-state index contributed by atoms with van der Waals surface area (Å²) in [5.74, 6) is -1.79. The lowest BCUT2D eigenvalue weighted by molar-refractivity contribution is -0.889. The van der Waals surface area contributed by atoms with Crippen molar-refractivity contribution >= 4 is 17.9 Å². The summed E-state index contributed by atoms with van der Waals surface area (Å²) in [4.78, 5) is 36.7. The average Bonchev–Trinajstić information content (AvgIpc) is 3.14. The highest BCUT2D eigenvalue weighted by atomic mass is 16.6. The van der Waals surface area contributed by atoms with E-state index in [1.54, 1.807) is 21.1 Å². The van der Waals surface area contributed by atoms with Crippen LogP contribution in [-0.2, 0) is 28.6 Å².